The van der Waals surface area contributed by atoms with E-state index in [2.05, 4.69) is 4.99 Å². The molecule has 3 rings (SSSR count). The fourth-order valence-corrected chi connectivity index (χ4v) is 4.94. The highest BCUT2D eigenvalue weighted by atomic mass is 32.2. The van der Waals surface area contributed by atoms with Crippen LogP contribution >= 0.6 is 11.3 Å². The molecule has 0 fully saturated rings. The van der Waals surface area contributed by atoms with E-state index in [1.54, 1.807) is 45.2 Å². The van der Waals surface area contributed by atoms with Crippen molar-refractivity contribution in [1.82, 2.24) is 4.57 Å². The van der Waals surface area contributed by atoms with E-state index in [4.69, 9.17) is 4.74 Å². The Morgan fingerprint density at radius 3 is 2.46 bits per heavy atom. The Labute approximate surface area is 168 Å². The molecule has 28 heavy (non-hydrogen) atoms. The Hall–Kier alpha value is -2.45. The maximum Gasteiger partial charge on any atom is 0.252 e. The molecule has 0 N–H and O–H groups in total. The summed E-state index contributed by atoms with van der Waals surface area (Å²) in [6.45, 7) is 3.29. The molecule has 0 spiro atoms. The van der Waals surface area contributed by atoms with Crippen molar-refractivity contribution in [3.8, 4) is 5.75 Å². The number of carbonyl (C=O) groups excluding carboxylic acids is 1. The van der Waals surface area contributed by atoms with Gasteiger partial charge in [-0.2, -0.15) is 4.99 Å². The molecule has 3 aromatic rings. The third-order valence-electron chi connectivity index (χ3n) is 4.45. The van der Waals surface area contributed by atoms with Crippen LogP contribution in [0, 0.1) is 0 Å². The number of thiazole rings is 1. The van der Waals surface area contributed by atoms with Crippen LogP contribution in [0.4, 0.5) is 0 Å². The van der Waals surface area contributed by atoms with E-state index in [9.17, 15) is 13.2 Å². The molecule has 0 radical (unpaired) electrons. The highest BCUT2D eigenvalue weighted by molar-refractivity contribution is 7.92. The molecule has 1 heterocycles. The molecule has 1 amide bonds. The average Bonchev–Trinajstić information content (AvgIpc) is 2.97. The van der Waals surface area contributed by atoms with Crippen molar-refractivity contribution in [2.24, 2.45) is 12.0 Å². The molecular formula is C20H22N2O4S2. The van der Waals surface area contributed by atoms with Gasteiger partial charge in [-0.15, -0.1) is 0 Å². The minimum Gasteiger partial charge on any atom is -0.495 e. The summed E-state index contributed by atoms with van der Waals surface area (Å²) in [6.07, 6.45) is 0.105. The molecule has 0 aliphatic heterocycles. The molecular weight excluding hydrogens is 396 g/mol. The van der Waals surface area contributed by atoms with Crippen molar-refractivity contribution in [1.29, 1.82) is 0 Å². The summed E-state index contributed by atoms with van der Waals surface area (Å²) >= 11 is 1.42. The number of fused-ring (bicyclic) bond motifs is 1. The first kappa shape index (κ1) is 20.3. The number of aromatic nitrogens is 1. The first-order valence-corrected chi connectivity index (χ1v) is 11.1. The van der Waals surface area contributed by atoms with Gasteiger partial charge in [0, 0.05) is 7.05 Å². The number of carbonyl (C=O) groups is 1. The van der Waals surface area contributed by atoms with Gasteiger partial charge in [-0.25, -0.2) is 8.42 Å². The normalized spacial score (nSPS) is 12.7. The minimum absolute atomic E-state index is 0.105. The lowest BCUT2D eigenvalue weighted by atomic mass is 10.1. The van der Waals surface area contributed by atoms with Gasteiger partial charge in [0.15, 0.2) is 14.6 Å². The number of aryl methyl sites for hydroxylation is 1. The van der Waals surface area contributed by atoms with Crippen LogP contribution in [0.1, 0.15) is 19.4 Å². The van der Waals surface area contributed by atoms with Crippen molar-refractivity contribution >= 4 is 37.3 Å². The first-order valence-electron chi connectivity index (χ1n) is 8.77. The SMILES string of the molecule is COc1cccc2sc(=NC(=O)Cc3ccc(S(=O)(=O)C(C)C)cc3)n(C)c12. The lowest BCUT2D eigenvalue weighted by Gasteiger charge is -2.08. The van der Waals surface area contributed by atoms with Crippen LogP contribution in [-0.2, 0) is 28.1 Å². The number of ether oxygens (including phenoxy) is 1. The van der Waals surface area contributed by atoms with Gasteiger partial charge in [0.25, 0.3) is 5.91 Å². The maximum absolute atomic E-state index is 12.4. The van der Waals surface area contributed by atoms with Crippen LogP contribution in [0.15, 0.2) is 52.4 Å². The smallest absolute Gasteiger partial charge is 0.252 e. The van der Waals surface area contributed by atoms with Gasteiger partial charge < -0.3 is 9.30 Å². The van der Waals surface area contributed by atoms with Gasteiger partial charge in [-0.05, 0) is 43.7 Å². The number of methoxy groups -OCH3 is 1. The summed E-state index contributed by atoms with van der Waals surface area (Å²) in [4.78, 5) is 17.5. The molecule has 0 unspecified atom stereocenters. The summed E-state index contributed by atoms with van der Waals surface area (Å²) in [5.74, 6) is 0.438. The van der Waals surface area contributed by atoms with Gasteiger partial charge in [0.2, 0.25) is 0 Å². The van der Waals surface area contributed by atoms with Gasteiger partial charge >= 0.3 is 0 Å². The zero-order valence-electron chi connectivity index (χ0n) is 16.2. The van der Waals surface area contributed by atoms with Crippen LogP contribution in [0.2, 0.25) is 0 Å². The first-order chi connectivity index (χ1) is 13.2. The zero-order chi connectivity index (χ0) is 20.5. The van der Waals surface area contributed by atoms with E-state index in [0.29, 0.717) is 4.80 Å². The van der Waals surface area contributed by atoms with Crippen molar-refractivity contribution in [3.63, 3.8) is 0 Å². The topological polar surface area (TPSA) is 77.7 Å². The summed E-state index contributed by atoms with van der Waals surface area (Å²) in [7, 11) is 0.135. The molecule has 148 valence electrons. The Morgan fingerprint density at radius 1 is 1.18 bits per heavy atom. The second-order valence-corrected chi connectivity index (χ2v) is 10.2. The molecule has 8 heteroatoms. The molecule has 0 aliphatic rings. The van der Waals surface area contributed by atoms with Crippen molar-refractivity contribution in [2.45, 2.75) is 30.4 Å². The highest BCUT2D eigenvalue weighted by Gasteiger charge is 2.19. The number of benzene rings is 2. The second-order valence-electron chi connectivity index (χ2n) is 6.67. The van der Waals surface area contributed by atoms with E-state index in [-0.39, 0.29) is 17.2 Å². The number of para-hydroxylation sites is 1. The average molecular weight is 419 g/mol. The number of sulfone groups is 1. The Bertz CT molecular complexity index is 1190. The summed E-state index contributed by atoms with van der Waals surface area (Å²) in [5.41, 5.74) is 1.61. The third-order valence-corrected chi connectivity index (χ3v) is 7.72. The van der Waals surface area contributed by atoms with Crippen LogP contribution in [-0.4, -0.2) is 31.3 Å². The van der Waals surface area contributed by atoms with Gasteiger partial charge in [0.1, 0.15) is 11.3 Å². The van der Waals surface area contributed by atoms with Crippen LogP contribution in [0.3, 0.4) is 0 Å². The van der Waals surface area contributed by atoms with E-state index in [1.807, 2.05) is 29.8 Å². The third kappa shape index (κ3) is 3.88. The molecule has 0 atom stereocenters. The highest BCUT2D eigenvalue weighted by Crippen LogP contribution is 2.26. The monoisotopic (exact) mass is 418 g/mol. The largest absolute Gasteiger partial charge is 0.495 e. The minimum atomic E-state index is -3.32. The Morgan fingerprint density at radius 2 is 1.86 bits per heavy atom. The fraction of sp³-hybridized carbons (Fsp3) is 0.300. The molecule has 0 bridgehead atoms. The molecule has 0 saturated carbocycles. The summed E-state index contributed by atoms with van der Waals surface area (Å²) in [5, 5.41) is -0.486. The predicted octanol–water partition coefficient (Wildman–Crippen LogP) is 3.10. The lowest BCUT2D eigenvalue weighted by molar-refractivity contribution is -0.117. The van der Waals surface area contributed by atoms with Gasteiger partial charge in [-0.3, -0.25) is 4.79 Å². The van der Waals surface area contributed by atoms with Crippen molar-refractivity contribution in [2.75, 3.05) is 7.11 Å². The zero-order valence-corrected chi connectivity index (χ0v) is 17.8. The fourth-order valence-electron chi connectivity index (χ4n) is 2.83. The van der Waals surface area contributed by atoms with Gasteiger partial charge in [-0.1, -0.05) is 29.5 Å². The molecule has 1 aromatic heterocycles. The van der Waals surface area contributed by atoms with Crippen molar-refractivity contribution in [3.05, 3.63) is 52.8 Å². The van der Waals surface area contributed by atoms with Crippen LogP contribution in [0.5, 0.6) is 5.75 Å². The van der Waals surface area contributed by atoms with E-state index >= 15 is 0 Å². The number of amides is 1. The quantitative estimate of drug-likeness (QED) is 0.638. The predicted molar refractivity (Wildman–Crippen MR) is 110 cm³/mol. The summed E-state index contributed by atoms with van der Waals surface area (Å²) < 4.78 is 32.6. The lowest BCUT2D eigenvalue weighted by Crippen LogP contribution is -2.15. The maximum atomic E-state index is 12.4. The Balaban J connectivity index is 1.86. The van der Waals surface area contributed by atoms with E-state index in [0.717, 1.165) is 21.5 Å². The number of rotatable bonds is 5. The molecule has 2 aromatic carbocycles. The molecule has 6 nitrogen and oxygen atoms in total. The number of hydrogen-bond donors (Lipinski definition) is 0. The van der Waals surface area contributed by atoms with Crippen LogP contribution in [0.25, 0.3) is 10.2 Å². The van der Waals surface area contributed by atoms with Gasteiger partial charge in [0.05, 0.1) is 28.4 Å². The molecule has 0 saturated heterocycles. The number of hydrogen-bond acceptors (Lipinski definition) is 5. The van der Waals surface area contributed by atoms with Crippen LogP contribution < -0.4 is 9.54 Å². The molecule has 0 aliphatic carbocycles. The van der Waals surface area contributed by atoms with E-state index in [1.165, 1.54) is 11.3 Å². The van der Waals surface area contributed by atoms with E-state index < -0.39 is 15.1 Å². The second kappa shape index (κ2) is 7.89. The van der Waals surface area contributed by atoms with Crippen molar-refractivity contribution < 1.29 is 17.9 Å². The Kier molecular flexibility index (Phi) is 5.71. The standard InChI is InChI=1S/C20H22N2O4S2/c1-13(2)28(24,25)15-10-8-14(9-11-15)12-18(23)21-20-22(3)19-16(26-4)6-5-7-17(19)27-20/h5-11,13H,12H2,1-4H3. The summed E-state index contributed by atoms with van der Waals surface area (Å²) in [6, 6.07) is 12.1. The number of nitrogens with zero attached hydrogens (tertiary/aromatic N) is 2.